The number of rotatable bonds is 6. The van der Waals surface area contributed by atoms with Gasteiger partial charge in [0.2, 0.25) is 15.9 Å². The van der Waals surface area contributed by atoms with Gasteiger partial charge in [-0.25, -0.2) is 17.2 Å². The number of hydrogen-bond donors (Lipinski definition) is 1. The number of carbonyl (C=O) groups is 1. The third kappa shape index (κ3) is 5.37. The van der Waals surface area contributed by atoms with Crippen molar-refractivity contribution in [2.75, 3.05) is 38.5 Å². The molecule has 0 aliphatic carbocycles. The largest absolute Gasteiger partial charge is 0.326 e. The molecular formula is C20H23F2N3O3S. The number of amides is 1. The Balaban J connectivity index is 1.57. The fourth-order valence-electron chi connectivity index (χ4n) is 3.06. The maximum atomic E-state index is 13.2. The molecule has 1 aliphatic heterocycles. The zero-order chi connectivity index (χ0) is 21.0. The second-order valence-electron chi connectivity index (χ2n) is 7.03. The van der Waals surface area contributed by atoms with E-state index in [1.165, 1.54) is 22.5 Å². The van der Waals surface area contributed by atoms with Crippen LogP contribution in [-0.2, 0) is 21.2 Å². The summed E-state index contributed by atoms with van der Waals surface area (Å²) in [4.78, 5) is 14.3. The van der Waals surface area contributed by atoms with E-state index in [0.717, 1.165) is 12.1 Å². The Morgan fingerprint density at radius 1 is 1.00 bits per heavy atom. The molecule has 0 spiro atoms. The summed E-state index contributed by atoms with van der Waals surface area (Å²) in [5.74, 6) is -2.17. The third-order valence-electron chi connectivity index (χ3n) is 4.86. The summed E-state index contributed by atoms with van der Waals surface area (Å²) in [6.07, 6.45) is 0.353. The third-order valence-corrected chi connectivity index (χ3v) is 6.78. The summed E-state index contributed by atoms with van der Waals surface area (Å²) in [6, 6.07) is 9.56. The van der Waals surface area contributed by atoms with Crippen LogP contribution in [0.1, 0.15) is 12.0 Å². The van der Waals surface area contributed by atoms with E-state index in [2.05, 4.69) is 10.2 Å². The number of piperazine rings is 1. The van der Waals surface area contributed by atoms with Crippen molar-refractivity contribution in [3.05, 3.63) is 59.7 Å². The number of carbonyl (C=O) groups excluding carboxylic acids is 1. The summed E-state index contributed by atoms with van der Waals surface area (Å²) in [6.45, 7) is 2.26. The number of anilines is 1. The van der Waals surface area contributed by atoms with Crippen LogP contribution in [0.2, 0.25) is 0 Å². The molecule has 3 rings (SSSR count). The Labute approximate surface area is 169 Å². The van der Waals surface area contributed by atoms with Gasteiger partial charge in [-0.05, 0) is 55.4 Å². The first kappa shape index (κ1) is 21.4. The standard InChI is InChI=1S/C20H23F2N3O3S/c1-24-10-12-25(13-11-24)29(27,28)17-6-4-16(5-7-17)23-20(26)9-3-15-2-8-18(21)19(22)14-15/h2,4-8,14H,3,9-13H2,1H3,(H,23,26). The maximum absolute atomic E-state index is 13.2. The Kier molecular flexibility index (Phi) is 6.61. The van der Waals surface area contributed by atoms with Crippen LogP contribution in [0.25, 0.3) is 0 Å². The van der Waals surface area contributed by atoms with Gasteiger partial charge in [0.05, 0.1) is 4.90 Å². The molecule has 29 heavy (non-hydrogen) atoms. The molecule has 1 N–H and O–H groups in total. The zero-order valence-electron chi connectivity index (χ0n) is 16.1. The van der Waals surface area contributed by atoms with E-state index in [4.69, 9.17) is 0 Å². The lowest BCUT2D eigenvalue weighted by Gasteiger charge is -2.31. The summed E-state index contributed by atoms with van der Waals surface area (Å²) >= 11 is 0. The first-order chi connectivity index (χ1) is 13.8. The molecule has 0 bridgehead atoms. The van der Waals surface area contributed by atoms with Crippen molar-refractivity contribution in [3.8, 4) is 0 Å². The van der Waals surface area contributed by atoms with Crippen LogP contribution in [0.4, 0.5) is 14.5 Å². The van der Waals surface area contributed by atoms with E-state index in [-0.39, 0.29) is 23.6 Å². The van der Waals surface area contributed by atoms with Crippen molar-refractivity contribution in [1.82, 2.24) is 9.21 Å². The molecular weight excluding hydrogens is 400 g/mol. The van der Waals surface area contributed by atoms with E-state index in [1.807, 2.05) is 7.05 Å². The molecule has 156 valence electrons. The van der Waals surface area contributed by atoms with E-state index in [1.54, 1.807) is 12.1 Å². The van der Waals surface area contributed by atoms with Gasteiger partial charge in [0.1, 0.15) is 0 Å². The number of benzene rings is 2. The highest BCUT2D eigenvalue weighted by Crippen LogP contribution is 2.20. The molecule has 1 fully saturated rings. The van der Waals surface area contributed by atoms with Crippen molar-refractivity contribution in [3.63, 3.8) is 0 Å². The van der Waals surface area contributed by atoms with E-state index < -0.39 is 21.7 Å². The predicted molar refractivity (Wildman–Crippen MR) is 106 cm³/mol. The average molecular weight is 423 g/mol. The van der Waals surface area contributed by atoms with Crippen molar-refractivity contribution in [2.24, 2.45) is 0 Å². The van der Waals surface area contributed by atoms with Gasteiger partial charge < -0.3 is 10.2 Å². The smallest absolute Gasteiger partial charge is 0.243 e. The molecule has 9 heteroatoms. The minimum Gasteiger partial charge on any atom is -0.326 e. The molecule has 1 amide bonds. The van der Waals surface area contributed by atoms with E-state index in [0.29, 0.717) is 37.4 Å². The highest BCUT2D eigenvalue weighted by atomic mass is 32.2. The number of sulfonamides is 1. The zero-order valence-corrected chi connectivity index (χ0v) is 16.9. The molecule has 0 saturated carbocycles. The molecule has 1 aliphatic rings. The number of hydrogen-bond acceptors (Lipinski definition) is 4. The predicted octanol–water partition coefficient (Wildman–Crippen LogP) is 2.47. The first-order valence-corrected chi connectivity index (χ1v) is 10.7. The van der Waals surface area contributed by atoms with Crippen LogP contribution in [0.3, 0.4) is 0 Å². The van der Waals surface area contributed by atoms with Crippen molar-refractivity contribution < 1.29 is 22.0 Å². The molecule has 2 aromatic rings. The fraction of sp³-hybridized carbons (Fsp3) is 0.350. The summed E-state index contributed by atoms with van der Waals surface area (Å²) < 4.78 is 53.0. The van der Waals surface area contributed by atoms with Crippen LogP contribution >= 0.6 is 0 Å². The summed E-state index contributed by atoms with van der Waals surface area (Å²) in [5, 5.41) is 2.68. The lowest BCUT2D eigenvalue weighted by molar-refractivity contribution is -0.116. The number of halogens is 2. The van der Waals surface area contributed by atoms with Gasteiger partial charge in [-0.3, -0.25) is 4.79 Å². The number of aryl methyl sites for hydroxylation is 1. The molecule has 0 aromatic heterocycles. The Morgan fingerprint density at radius 2 is 1.66 bits per heavy atom. The lowest BCUT2D eigenvalue weighted by Crippen LogP contribution is -2.46. The molecule has 2 aromatic carbocycles. The molecule has 6 nitrogen and oxygen atoms in total. The monoisotopic (exact) mass is 423 g/mol. The normalized spacial score (nSPS) is 16.0. The lowest BCUT2D eigenvalue weighted by atomic mass is 10.1. The van der Waals surface area contributed by atoms with Crippen LogP contribution < -0.4 is 5.32 Å². The van der Waals surface area contributed by atoms with Crippen LogP contribution in [0.5, 0.6) is 0 Å². The first-order valence-electron chi connectivity index (χ1n) is 9.28. The maximum Gasteiger partial charge on any atom is 0.243 e. The molecule has 1 heterocycles. The van der Waals surface area contributed by atoms with Crippen LogP contribution in [-0.4, -0.2) is 56.8 Å². The van der Waals surface area contributed by atoms with Crippen LogP contribution in [0.15, 0.2) is 47.4 Å². The van der Waals surface area contributed by atoms with E-state index >= 15 is 0 Å². The summed E-state index contributed by atoms with van der Waals surface area (Å²) in [5.41, 5.74) is 0.991. The highest BCUT2D eigenvalue weighted by Gasteiger charge is 2.27. The van der Waals surface area contributed by atoms with Crippen molar-refractivity contribution in [1.29, 1.82) is 0 Å². The van der Waals surface area contributed by atoms with Crippen molar-refractivity contribution >= 4 is 21.6 Å². The van der Waals surface area contributed by atoms with Gasteiger partial charge in [-0.2, -0.15) is 4.31 Å². The van der Waals surface area contributed by atoms with Crippen molar-refractivity contribution in [2.45, 2.75) is 17.7 Å². The Morgan fingerprint density at radius 3 is 2.28 bits per heavy atom. The highest BCUT2D eigenvalue weighted by molar-refractivity contribution is 7.89. The van der Waals surface area contributed by atoms with Gasteiger partial charge in [0.25, 0.3) is 0 Å². The van der Waals surface area contributed by atoms with Gasteiger partial charge >= 0.3 is 0 Å². The Bertz CT molecular complexity index is 973. The number of nitrogens with zero attached hydrogens (tertiary/aromatic N) is 2. The van der Waals surface area contributed by atoms with Crippen LogP contribution in [0, 0.1) is 11.6 Å². The fourth-order valence-corrected chi connectivity index (χ4v) is 4.49. The SMILES string of the molecule is CN1CCN(S(=O)(=O)c2ccc(NC(=O)CCc3ccc(F)c(F)c3)cc2)CC1. The quantitative estimate of drug-likeness (QED) is 0.775. The van der Waals surface area contributed by atoms with E-state index in [9.17, 15) is 22.0 Å². The molecule has 0 unspecified atom stereocenters. The Hall–Kier alpha value is -2.36. The number of likely N-dealkylation sites (N-methyl/N-ethyl adjacent to an activating group) is 1. The molecule has 1 saturated heterocycles. The van der Waals surface area contributed by atoms with Gasteiger partial charge in [0.15, 0.2) is 11.6 Å². The van der Waals surface area contributed by atoms with Gasteiger partial charge in [-0.1, -0.05) is 6.07 Å². The minimum atomic E-state index is -3.56. The topological polar surface area (TPSA) is 69.7 Å². The van der Waals surface area contributed by atoms with Gasteiger partial charge in [0, 0.05) is 38.3 Å². The number of nitrogens with one attached hydrogen (secondary N) is 1. The second-order valence-corrected chi connectivity index (χ2v) is 8.97. The second kappa shape index (κ2) is 8.98. The summed E-state index contributed by atoms with van der Waals surface area (Å²) in [7, 11) is -1.60. The molecule has 0 atom stereocenters. The van der Waals surface area contributed by atoms with Gasteiger partial charge in [-0.15, -0.1) is 0 Å². The average Bonchev–Trinajstić information content (AvgIpc) is 2.70. The molecule has 0 radical (unpaired) electrons. The minimum absolute atomic E-state index is 0.0897.